The molecular formula is C19H17FN6O3. The predicted octanol–water partition coefficient (Wildman–Crippen LogP) is 2.59. The highest BCUT2D eigenvalue weighted by Crippen LogP contribution is 2.35. The number of halogens is 1. The van der Waals surface area contributed by atoms with Crippen LogP contribution in [0.5, 0.6) is 5.75 Å². The second kappa shape index (κ2) is 7.93. The Balaban J connectivity index is 2.19. The number of methoxy groups -OCH3 is 2. The average Bonchev–Trinajstić information content (AvgIpc) is 2.71. The maximum atomic E-state index is 13.8. The summed E-state index contributed by atoms with van der Waals surface area (Å²) < 4.78 is 24.1. The molecule has 0 amide bonds. The lowest BCUT2D eigenvalue weighted by molar-refractivity contribution is 0.0599. The minimum atomic E-state index is -0.697. The van der Waals surface area contributed by atoms with E-state index in [0.29, 0.717) is 11.2 Å². The van der Waals surface area contributed by atoms with Crippen LogP contribution in [-0.2, 0) is 4.74 Å². The molecule has 1 atom stereocenters. The number of fused-ring (bicyclic) bond motifs is 1. The van der Waals surface area contributed by atoms with E-state index in [4.69, 9.17) is 15.2 Å². The first-order valence-electron chi connectivity index (χ1n) is 8.43. The Morgan fingerprint density at radius 3 is 2.76 bits per heavy atom. The Hall–Kier alpha value is -4.00. The fraction of sp³-hybridized carbons (Fsp3) is 0.211. The summed E-state index contributed by atoms with van der Waals surface area (Å²) in [5.74, 6) is -0.870. The van der Waals surface area contributed by atoms with Gasteiger partial charge < -0.3 is 20.5 Å². The summed E-state index contributed by atoms with van der Waals surface area (Å²) in [6.07, 6.45) is 1.22. The summed E-state index contributed by atoms with van der Waals surface area (Å²) >= 11 is 0. The number of ether oxygens (including phenoxy) is 2. The number of aromatic nitrogens is 3. The molecule has 2 aromatic heterocycles. The van der Waals surface area contributed by atoms with Crippen molar-refractivity contribution in [2.75, 3.05) is 25.3 Å². The highest BCUT2D eigenvalue weighted by Gasteiger charge is 2.26. The molecule has 0 bridgehead atoms. The highest BCUT2D eigenvalue weighted by molar-refractivity contribution is 6.06. The fourth-order valence-electron chi connectivity index (χ4n) is 2.93. The molecule has 0 fully saturated rings. The first-order chi connectivity index (χ1) is 13.9. The van der Waals surface area contributed by atoms with Crippen LogP contribution in [0.25, 0.3) is 10.9 Å². The van der Waals surface area contributed by atoms with E-state index in [9.17, 15) is 14.4 Å². The van der Waals surface area contributed by atoms with Gasteiger partial charge in [-0.25, -0.2) is 24.1 Å². The van der Waals surface area contributed by atoms with E-state index in [1.807, 2.05) is 6.07 Å². The van der Waals surface area contributed by atoms with E-state index >= 15 is 0 Å². The van der Waals surface area contributed by atoms with Crippen molar-refractivity contribution < 1.29 is 18.7 Å². The molecule has 1 aromatic carbocycles. The topological polar surface area (TPSA) is 136 Å². The van der Waals surface area contributed by atoms with Gasteiger partial charge in [0.1, 0.15) is 46.7 Å². The van der Waals surface area contributed by atoms with Crippen LogP contribution in [-0.4, -0.2) is 35.1 Å². The quantitative estimate of drug-likeness (QED) is 0.623. The number of esters is 1. The van der Waals surface area contributed by atoms with E-state index in [2.05, 4.69) is 20.3 Å². The molecule has 1 unspecified atom stereocenters. The van der Waals surface area contributed by atoms with Crippen molar-refractivity contribution in [3.05, 3.63) is 47.2 Å². The van der Waals surface area contributed by atoms with Crippen LogP contribution in [0.15, 0.2) is 24.5 Å². The van der Waals surface area contributed by atoms with Crippen LogP contribution in [0.1, 0.15) is 34.6 Å². The summed E-state index contributed by atoms with van der Waals surface area (Å²) in [6.45, 7) is 1.74. The molecule has 29 heavy (non-hydrogen) atoms. The normalized spacial score (nSPS) is 11.6. The Labute approximate surface area is 165 Å². The van der Waals surface area contributed by atoms with Gasteiger partial charge in [0.25, 0.3) is 0 Å². The monoisotopic (exact) mass is 396 g/mol. The van der Waals surface area contributed by atoms with Crippen molar-refractivity contribution in [1.29, 1.82) is 5.26 Å². The summed E-state index contributed by atoms with van der Waals surface area (Å²) in [5.41, 5.74) is 6.56. The van der Waals surface area contributed by atoms with Crippen molar-refractivity contribution in [3.8, 4) is 11.8 Å². The molecule has 0 saturated carbocycles. The summed E-state index contributed by atoms with van der Waals surface area (Å²) in [7, 11) is 2.59. The van der Waals surface area contributed by atoms with Gasteiger partial charge in [0.2, 0.25) is 0 Å². The zero-order valence-electron chi connectivity index (χ0n) is 15.9. The van der Waals surface area contributed by atoms with Crippen LogP contribution < -0.4 is 15.8 Å². The predicted molar refractivity (Wildman–Crippen MR) is 103 cm³/mol. The van der Waals surface area contributed by atoms with Gasteiger partial charge in [-0.2, -0.15) is 5.26 Å². The molecule has 0 aliphatic rings. The summed E-state index contributed by atoms with van der Waals surface area (Å²) in [6, 6.07) is 5.26. The Morgan fingerprint density at radius 2 is 2.10 bits per heavy atom. The fourth-order valence-corrected chi connectivity index (χ4v) is 2.93. The largest absolute Gasteiger partial charge is 0.494 e. The Kier molecular flexibility index (Phi) is 5.40. The molecule has 0 saturated heterocycles. The number of nitrogen functional groups attached to an aromatic ring is 1. The number of carbonyl (C=O) groups is 1. The first kappa shape index (κ1) is 19.8. The SMILES string of the molecule is COC(=O)c1c(OC)c(C(C)Nc2ncnc(N)c2C#N)nc2ccc(F)cc12. The smallest absolute Gasteiger partial charge is 0.342 e. The van der Waals surface area contributed by atoms with Crippen molar-refractivity contribution >= 4 is 28.5 Å². The molecule has 10 heteroatoms. The Bertz CT molecular complexity index is 1140. The van der Waals surface area contributed by atoms with Crippen molar-refractivity contribution in [2.45, 2.75) is 13.0 Å². The number of pyridine rings is 1. The second-order valence-electron chi connectivity index (χ2n) is 6.02. The first-order valence-corrected chi connectivity index (χ1v) is 8.43. The minimum absolute atomic E-state index is 0.0290. The molecule has 3 aromatic rings. The maximum Gasteiger partial charge on any atom is 0.342 e. The third-order valence-corrected chi connectivity index (χ3v) is 4.27. The number of anilines is 2. The number of hydrogen-bond acceptors (Lipinski definition) is 9. The van der Waals surface area contributed by atoms with Crippen LogP contribution in [0, 0.1) is 17.1 Å². The number of benzene rings is 1. The molecule has 3 rings (SSSR count). The highest BCUT2D eigenvalue weighted by atomic mass is 19.1. The number of nitrogens with one attached hydrogen (secondary N) is 1. The lowest BCUT2D eigenvalue weighted by Gasteiger charge is -2.20. The molecule has 2 heterocycles. The number of nitrogens with zero attached hydrogens (tertiary/aromatic N) is 4. The van der Waals surface area contributed by atoms with Crippen molar-refractivity contribution in [1.82, 2.24) is 15.0 Å². The van der Waals surface area contributed by atoms with Crippen LogP contribution in [0.2, 0.25) is 0 Å². The molecule has 0 radical (unpaired) electrons. The van der Waals surface area contributed by atoms with Gasteiger partial charge in [-0.3, -0.25) is 0 Å². The third-order valence-electron chi connectivity index (χ3n) is 4.27. The van der Waals surface area contributed by atoms with Crippen LogP contribution >= 0.6 is 0 Å². The molecular weight excluding hydrogens is 379 g/mol. The van der Waals surface area contributed by atoms with E-state index in [-0.39, 0.29) is 33.9 Å². The molecule has 9 nitrogen and oxygen atoms in total. The minimum Gasteiger partial charge on any atom is -0.494 e. The van der Waals surface area contributed by atoms with E-state index in [0.717, 1.165) is 0 Å². The number of nitriles is 1. The summed E-state index contributed by atoms with van der Waals surface area (Å²) in [5, 5.41) is 12.6. The maximum absolute atomic E-state index is 13.8. The van der Waals surface area contributed by atoms with Gasteiger partial charge in [-0.1, -0.05) is 0 Å². The van der Waals surface area contributed by atoms with E-state index < -0.39 is 17.8 Å². The van der Waals surface area contributed by atoms with Crippen LogP contribution in [0.3, 0.4) is 0 Å². The van der Waals surface area contributed by atoms with Gasteiger partial charge in [0.05, 0.1) is 25.8 Å². The Morgan fingerprint density at radius 1 is 1.34 bits per heavy atom. The zero-order chi connectivity index (χ0) is 21.1. The van der Waals surface area contributed by atoms with Crippen molar-refractivity contribution in [3.63, 3.8) is 0 Å². The standard InChI is InChI=1S/C19H17FN6O3/c1-9(25-18-12(7-21)17(22)23-8-24-18)15-16(28-2)14(19(27)29-3)11-6-10(20)4-5-13(11)26-15/h4-6,8-9H,1-3H3,(H3,22,23,24,25). The molecule has 0 aliphatic carbocycles. The molecule has 0 spiro atoms. The second-order valence-corrected chi connectivity index (χ2v) is 6.02. The molecule has 148 valence electrons. The van der Waals surface area contributed by atoms with Gasteiger partial charge in [-0.05, 0) is 25.1 Å². The van der Waals surface area contributed by atoms with Gasteiger partial charge in [-0.15, -0.1) is 0 Å². The van der Waals surface area contributed by atoms with Gasteiger partial charge in [0, 0.05) is 5.39 Å². The van der Waals surface area contributed by atoms with Gasteiger partial charge in [0.15, 0.2) is 5.75 Å². The van der Waals surface area contributed by atoms with Crippen molar-refractivity contribution in [2.24, 2.45) is 0 Å². The van der Waals surface area contributed by atoms with Gasteiger partial charge >= 0.3 is 5.97 Å². The third kappa shape index (κ3) is 3.58. The van der Waals surface area contributed by atoms with E-state index in [1.165, 1.54) is 38.7 Å². The number of nitrogens with two attached hydrogens (primary N) is 1. The lowest BCUT2D eigenvalue weighted by Crippen LogP contribution is -2.16. The number of carbonyl (C=O) groups excluding carboxylic acids is 1. The van der Waals surface area contributed by atoms with Crippen LogP contribution in [0.4, 0.5) is 16.0 Å². The average molecular weight is 396 g/mol. The molecule has 3 N–H and O–H groups in total. The molecule has 0 aliphatic heterocycles. The number of hydrogen-bond donors (Lipinski definition) is 2. The zero-order valence-corrected chi connectivity index (χ0v) is 15.9. The summed E-state index contributed by atoms with van der Waals surface area (Å²) in [4.78, 5) is 24.8. The lowest BCUT2D eigenvalue weighted by atomic mass is 10.0. The number of rotatable bonds is 5. The van der Waals surface area contributed by atoms with E-state index in [1.54, 1.807) is 6.92 Å².